The molecule has 1 nitrogen and oxygen atoms in total. The topological polar surface area (TPSA) is 4.93 Å². The fourth-order valence-corrected chi connectivity index (χ4v) is 3.40. The third-order valence-corrected chi connectivity index (χ3v) is 4.75. The summed E-state index contributed by atoms with van der Waals surface area (Å²) in [4.78, 5) is 0. The van der Waals surface area contributed by atoms with Crippen molar-refractivity contribution in [2.24, 2.45) is 0 Å². The fraction of sp³-hybridized carbons (Fsp3) is 0.304. The second-order valence-corrected chi connectivity index (χ2v) is 6.49. The molecule has 0 saturated heterocycles. The van der Waals surface area contributed by atoms with Crippen molar-refractivity contribution in [3.63, 3.8) is 0 Å². The van der Waals surface area contributed by atoms with Crippen LogP contribution in [0.2, 0.25) is 0 Å². The number of benzene rings is 2. The minimum atomic E-state index is 1.11. The predicted molar refractivity (Wildman–Crippen MR) is 104 cm³/mol. The van der Waals surface area contributed by atoms with Crippen LogP contribution in [-0.2, 0) is 6.54 Å². The van der Waals surface area contributed by atoms with Crippen molar-refractivity contribution in [2.45, 2.75) is 46.1 Å². The van der Waals surface area contributed by atoms with Crippen LogP contribution >= 0.6 is 0 Å². The quantitative estimate of drug-likeness (QED) is 0.427. The molecule has 3 aromatic rings. The first-order valence-electron chi connectivity index (χ1n) is 9.12. The van der Waals surface area contributed by atoms with Gasteiger partial charge < -0.3 is 4.57 Å². The molecule has 1 aromatic heterocycles. The van der Waals surface area contributed by atoms with Crippen LogP contribution in [0.5, 0.6) is 0 Å². The second-order valence-electron chi connectivity index (χ2n) is 6.49. The van der Waals surface area contributed by atoms with Gasteiger partial charge in [-0.2, -0.15) is 0 Å². The van der Waals surface area contributed by atoms with Gasteiger partial charge in [0.1, 0.15) is 0 Å². The average molecular weight is 317 g/mol. The molecule has 0 aliphatic heterocycles. The van der Waals surface area contributed by atoms with E-state index in [4.69, 9.17) is 0 Å². The molecule has 124 valence electrons. The molecule has 0 unspecified atom stereocenters. The van der Waals surface area contributed by atoms with E-state index in [1.54, 1.807) is 0 Å². The van der Waals surface area contributed by atoms with Gasteiger partial charge in [0.15, 0.2) is 0 Å². The van der Waals surface area contributed by atoms with Crippen molar-refractivity contribution < 1.29 is 0 Å². The maximum atomic E-state index is 2.44. The molecule has 0 fully saturated rings. The van der Waals surface area contributed by atoms with E-state index in [0.29, 0.717) is 0 Å². The smallest absolute Gasteiger partial charge is 0.0228 e. The van der Waals surface area contributed by atoms with Crippen molar-refractivity contribution in [2.75, 3.05) is 0 Å². The summed E-state index contributed by atoms with van der Waals surface area (Å²) >= 11 is 0. The normalized spacial score (nSPS) is 10.9. The lowest BCUT2D eigenvalue weighted by molar-refractivity contribution is 0.577. The Kier molecular flexibility index (Phi) is 5.53. The number of hydrogen-bond donors (Lipinski definition) is 0. The first kappa shape index (κ1) is 16.6. The number of hydrogen-bond acceptors (Lipinski definition) is 0. The van der Waals surface area contributed by atoms with Gasteiger partial charge in [-0.3, -0.25) is 0 Å². The SMILES string of the molecule is CCCCCCn1cc(-c2ccccc2)c(-c2ccccc2)c1C. The highest BCUT2D eigenvalue weighted by molar-refractivity contribution is 5.85. The maximum Gasteiger partial charge on any atom is 0.0228 e. The van der Waals surface area contributed by atoms with E-state index in [0.717, 1.165) is 6.54 Å². The average Bonchev–Trinajstić information content (AvgIpc) is 2.97. The number of rotatable bonds is 7. The summed E-state index contributed by atoms with van der Waals surface area (Å²) in [7, 11) is 0. The van der Waals surface area contributed by atoms with Crippen molar-refractivity contribution in [1.82, 2.24) is 4.57 Å². The summed E-state index contributed by atoms with van der Waals surface area (Å²) in [5.74, 6) is 0. The van der Waals surface area contributed by atoms with E-state index in [1.165, 1.54) is 53.6 Å². The summed E-state index contributed by atoms with van der Waals surface area (Å²) in [5, 5.41) is 0. The molecular weight excluding hydrogens is 290 g/mol. The van der Waals surface area contributed by atoms with Gasteiger partial charge in [-0.25, -0.2) is 0 Å². The highest BCUT2D eigenvalue weighted by atomic mass is 15.0. The van der Waals surface area contributed by atoms with Crippen molar-refractivity contribution in [1.29, 1.82) is 0 Å². The zero-order valence-electron chi connectivity index (χ0n) is 14.8. The van der Waals surface area contributed by atoms with E-state index in [-0.39, 0.29) is 0 Å². The predicted octanol–water partition coefficient (Wildman–Crippen LogP) is 6.71. The zero-order valence-corrected chi connectivity index (χ0v) is 14.8. The van der Waals surface area contributed by atoms with Gasteiger partial charge in [-0.1, -0.05) is 86.8 Å². The third-order valence-electron chi connectivity index (χ3n) is 4.75. The number of aromatic nitrogens is 1. The Bertz CT molecular complexity index is 753. The minimum absolute atomic E-state index is 1.11. The minimum Gasteiger partial charge on any atom is -0.350 e. The summed E-state index contributed by atoms with van der Waals surface area (Å²) in [6, 6.07) is 21.5. The Labute approximate surface area is 146 Å². The van der Waals surface area contributed by atoms with Gasteiger partial charge in [0.2, 0.25) is 0 Å². The van der Waals surface area contributed by atoms with Crippen LogP contribution in [0.15, 0.2) is 66.9 Å². The van der Waals surface area contributed by atoms with Crippen LogP contribution < -0.4 is 0 Å². The first-order valence-corrected chi connectivity index (χ1v) is 9.12. The highest BCUT2D eigenvalue weighted by Gasteiger charge is 2.15. The molecule has 2 aromatic carbocycles. The van der Waals surface area contributed by atoms with Crippen LogP contribution in [0.1, 0.15) is 38.3 Å². The van der Waals surface area contributed by atoms with Crippen LogP contribution in [0.4, 0.5) is 0 Å². The van der Waals surface area contributed by atoms with E-state index < -0.39 is 0 Å². The molecule has 0 radical (unpaired) electrons. The molecule has 1 heterocycles. The Hall–Kier alpha value is -2.28. The molecule has 0 bridgehead atoms. The van der Waals surface area contributed by atoms with Crippen molar-refractivity contribution >= 4 is 0 Å². The van der Waals surface area contributed by atoms with E-state index >= 15 is 0 Å². The molecule has 24 heavy (non-hydrogen) atoms. The lowest BCUT2D eigenvalue weighted by atomic mass is 9.97. The lowest BCUT2D eigenvalue weighted by Gasteiger charge is -2.08. The van der Waals surface area contributed by atoms with Gasteiger partial charge in [0.25, 0.3) is 0 Å². The molecule has 0 atom stereocenters. The molecule has 3 rings (SSSR count). The number of nitrogens with zero attached hydrogens (tertiary/aromatic N) is 1. The monoisotopic (exact) mass is 317 g/mol. The standard InChI is InChI=1S/C23H27N/c1-3-4-5-12-17-24-18-22(20-13-8-6-9-14-20)23(19(24)2)21-15-10-7-11-16-21/h6-11,13-16,18H,3-5,12,17H2,1-2H3. The molecule has 1 heteroatoms. The largest absolute Gasteiger partial charge is 0.350 e. The molecular formula is C23H27N. The summed E-state index contributed by atoms with van der Waals surface area (Å²) in [6.45, 7) is 5.63. The van der Waals surface area contributed by atoms with Gasteiger partial charge in [-0.15, -0.1) is 0 Å². The second kappa shape index (κ2) is 8.01. The zero-order chi connectivity index (χ0) is 16.8. The van der Waals surface area contributed by atoms with Gasteiger partial charge in [0.05, 0.1) is 0 Å². The van der Waals surface area contributed by atoms with Crippen LogP contribution in [0.3, 0.4) is 0 Å². The van der Waals surface area contributed by atoms with E-state index in [2.05, 4.69) is 85.3 Å². The molecule has 0 N–H and O–H groups in total. The third kappa shape index (κ3) is 3.62. The molecule has 0 aliphatic rings. The molecule has 0 saturated carbocycles. The highest BCUT2D eigenvalue weighted by Crippen LogP contribution is 2.36. The Balaban J connectivity index is 2.00. The number of aryl methyl sites for hydroxylation is 1. The van der Waals surface area contributed by atoms with E-state index in [1.807, 2.05) is 0 Å². The molecule has 0 amide bonds. The molecule has 0 aliphatic carbocycles. The lowest BCUT2D eigenvalue weighted by Crippen LogP contribution is -1.99. The Morgan fingerprint density at radius 2 is 1.38 bits per heavy atom. The summed E-state index contributed by atoms with van der Waals surface area (Å²) in [5.41, 5.74) is 6.69. The van der Waals surface area contributed by atoms with E-state index in [9.17, 15) is 0 Å². The summed E-state index contributed by atoms with van der Waals surface area (Å²) < 4.78 is 2.44. The van der Waals surface area contributed by atoms with Gasteiger partial charge in [-0.05, 0) is 24.5 Å². The maximum absolute atomic E-state index is 2.44. The van der Waals surface area contributed by atoms with Gasteiger partial charge in [0, 0.05) is 29.6 Å². The van der Waals surface area contributed by atoms with Gasteiger partial charge >= 0.3 is 0 Å². The van der Waals surface area contributed by atoms with Crippen molar-refractivity contribution in [3.8, 4) is 22.3 Å². The van der Waals surface area contributed by atoms with Crippen LogP contribution in [0, 0.1) is 6.92 Å². The van der Waals surface area contributed by atoms with Crippen LogP contribution in [-0.4, -0.2) is 4.57 Å². The number of unbranched alkanes of at least 4 members (excludes halogenated alkanes) is 3. The van der Waals surface area contributed by atoms with Crippen LogP contribution in [0.25, 0.3) is 22.3 Å². The Morgan fingerprint density at radius 1 is 0.750 bits per heavy atom. The molecule has 0 spiro atoms. The Morgan fingerprint density at radius 3 is 2.00 bits per heavy atom. The van der Waals surface area contributed by atoms with Crippen molar-refractivity contribution in [3.05, 3.63) is 72.6 Å². The fourth-order valence-electron chi connectivity index (χ4n) is 3.40. The first-order chi connectivity index (χ1) is 11.8. The summed E-state index contributed by atoms with van der Waals surface area (Å²) in [6.07, 6.45) is 7.53.